The smallest absolute Gasteiger partial charge is 0.164 e. The molecule has 0 amide bonds. The van der Waals surface area contributed by atoms with E-state index in [4.69, 9.17) is 15.0 Å². The van der Waals surface area contributed by atoms with Crippen molar-refractivity contribution in [3.05, 3.63) is 297 Å². The van der Waals surface area contributed by atoms with Gasteiger partial charge in [-0.1, -0.05) is 212 Å². The van der Waals surface area contributed by atoms with Crippen molar-refractivity contribution < 1.29 is 0 Å². The van der Waals surface area contributed by atoms with Gasteiger partial charge in [-0.15, -0.1) is 0 Å². The maximum atomic E-state index is 5.03. The lowest BCUT2D eigenvalue weighted by Gasteiger charge is -2.13. The Labute approximate surface area is 463 Å². The van der Waals surface area contributed by atoms with Crippen molar-refractivity contribution in [1.82, 2.24) is 24.1 Å². The van der Waals surface area contributed by atoms with Gasteiger partial charge in [-0.25, -0.2) is 15.0 Å². The van der Waals surface area contributed by atoms with E-state index in [2.05, 4.69) is 246 Å². The normalized spacial score (nSPS) is 11.5. The van der Waals surface area contributed by atoms with Crippen LogP contribution in [0.25, 0.3) is 145 Å². The average Bonchev–Trinajstić information content (AvgIpc) is 4.28. The van der Waals surface area contributed by atoms with Crippen LogP contribution in [0, 0.1) is 0 Å². The molecule has 5 heteroatoms. The highest BCUT2D eigenvalue weighted by atomic mass is 15.0. The molecule has 15 rings (SSSR count). The molecule has 0 radical (unpaired) electrons. The minimum atomic E-state index is 0.624. The fourth-order valence-electron chi connectivity index (χ4n) is 11.6. The molecule has 0 aliphatic rings. The number of para-hydroxylation sites is 1. The van der Waals surface area contributed by atoms with Crippen molar-refractivity contribution in [2.75, 3.05) is 0 Å². The molecular formula is C75H49N5. The third-order valence-corrected chi connectivity index (χ3v) is 15.6. The van der Waals surface area contributed by atoms with Gasteiger partial charge in [0, 0.05) is 49.6 Å². The topological polar surface area (TPSA) is 48.5 Å². The number of rotatable bonds is 10. The predicted molar refractivity (Wildman–Crippen MR) is 332 cm³/mol. The van der Waals surface area contributed by atoms with Crippen molar-refractivity contribution in [3.8, 4) is 101 Å². The molecule has 0 aliphatic carbocycles. The molecule has 0 bridgehead atoms. The van der Waals surface area contributed by atoms with Crippen molar-refractivity contribution in [2.24, 2.45) is 0 Å². The van der Waals surface area contributed by atoms with E-state index in [1.54, 1.807) is 0 Å². The molecule has 0 saturated carbocycles. The second-order valence-corrected chi connectivity index (χ2v) is 20.4. The number of hydrogen-bond acceptors (Lipinski definition) is 3. The van der Waals surface area contributed by atoms with E-state index in [9.17, 15) is 0 Å². The van der Waals surface area contributed by atoms with Crippen molar-refractivity contribution in [2.45, 2.75) is 0 Å². The second kappa shape index (κ2) is 19.7. The van der Waals surface area contributed by atoms with Gasteiger partial charge in [0.25, 0.3) is 0 Å². The maximum absolute atomic E-state index is 5.03. The van der Waals surface area contributed by atoms with Crippen LogP contribution >= 0.6 is 0 Å². The van der Waals surface area contributed by atoms with Gasteiger partial charge in [0.1, 0.15) is 0 Å². The summed E-state index contributed by atoms with van der Waals surface area (Å²) in [4.78, 5) is 15.0. The Hall–Kier alpha value is -10.8. The van der Waals surface area contributed by atoms with Crippen LogP contribution in [0.4, 0.5) is 0 Å². The molecule has 0 unspecified atom stereocenters. The van der Waals surface area contributed by atoms with E-state index in [0.717, 1.165) is 55.8 Å². The van der Waals surface area contributed by atoms with E-state index < -0.39 is 0 Å². The Kier molecular flexibility index (Phi) is 11.4. The SMILES string of the molecule is c1ccc(-c2cc(-c3ccccc3)cc(-c3ccc4c5ccccc5n(-c5ccc(-c6ccc7c(c6)c6ccc(-c8ccccc8)cc6n7-c6ccc(-c7nc(-c8ccccc8)nc(-c8ccccc8)n7)cc6)cc5)c4c3)c2)cc1. The molecule has 3 aromatic heterocycles. The molecule has 0 aliphatic heterocycles. The minimum Gasteiger partial charge on any atom is -0.309 e. The van der Waals surface area contributed by atoms with Crippen LogP contribution in [0.1, 0.15) is 0 Å². The zero-order chi connectivity index (χ0) is 52.9. The van der Waals surface area contributed by atoms with Crippen LogP contribution in [0.5, 0.6) is 0 Å². The first-order chi connectivity index (χ1) is 39.6. The Morgan fingerprint density at radius 3 is 0.963 bits per heavy atom. The molecule has 15 aromatic rings. The summed E-state index contributed by atoms with van der Waals surface area (Å²) in [5, 5.41) is 4.83. The van der Waals surface area contributed by atoms with E-state index in [1.165, 1.54) is 71.5 Å². The molecule has 12 aromatic carbocycles. The lowest BCUT2D eigenvalue weighted by Crippen LogP contribution is -2.00. The first-order valence-electron chi connectivity index (χ1n) is 27.2. The number of nitrogens with zero attached hydrogens (tertiary/aromatic N) is 5. The number of aromatic nitrogens is 5. The van der Waals surface area contributed by atoms with Crippen molar-refractivity contribution in [3.63, 3.8) is 0 Å². The van der Waals surface area contributed by atoms with Gasteiger partial charge in [-0.2, -0.15) is 0 Å². The van der Waals surface area contributed by atoms with E-state index >= 15 is 0 Å². The van der Waals surface area contributed by atoms with Gasteiger partial charge >= 0.3 is 0 Å². The summed E-state index contributed by atoms with van der Waals surface area (Å²) in [6.07, 6.45) is 0. The third-order valence-electron chi connectivity index (χ3n) is 15.6. The van der Waals surface area contributed by atoms with Crippen LogP contribution in [0.2, 0.25) is 0 Å². The molecule has 5 nitrogen and oxygen atoms in total. The molecule has 3 heterocycles. The Morgan fingerprint density at radius 2 is 0.475 bits per heavy atom. The van der Waals surface area contributed by atoms with Gasteiger partial charge in [0.15, 0.2) is 17.5 Å². The zero-order valence-corrected chi connectivity index (χ0v) is 43.5. The van der Waals surface area contributed by atoms with Gasteiger partial charge in [-0.3, -0.25) is 0 Å². The third kappa shape index (κ3) is 8.42. The Morgan fingerprint density at radius 1 is 0.175 bits per heavy atom. The highest BCUT2D eigenvalue weighted by Gasteiger charge is 2.19. The summed E-state index contributed by atoms with van der Waals surface area (Å²) in [7, 11) is 0. The Bertz CT molecular complexity index is 4650. The minimum absolute atomic E-state index is 0.624. The second-order valence-electron chi connectivity index (χ2n) is 20.4. The zero-order valence-electron chi connectivity index (χ0n) is 43.5. The fraction of sp³-hybridized carbons (Fsp3) is 0. The van der Waals surface area contributed by atoms with Gasteiger partial charge < -0.3 is 9.13 Å². The first-order valence-corrected chi connectivity index (χ1v) is 27.2. The predicted octanol–water partition coefficient (Wildman–Crippen LogP) is 19.4. The van der Waals surface area contributed by atoms with Crippen LogP contribution < -0.4 is 0 Å². The van der Waals surface area contributed by atoms with Gasteiger partial charge in [-0.05, 0) is 141 Å². The largest absolute Gasteiger partial charge is 0.309 e. The molecule has 0 N–H and O–H groups in total. The van der Waals surface area contributed by atoms with E-state index in [-0.39, 0.29) is 0 Å². The molecule has 0 spiro atoms. The summed E-state index contributed by atoms with van der Waals surface area (Å²) in [5.74, 6) is 1.90. The molecule has 80 heavy (non-hydrogen) atoms. The highest BCUT2D eigenvalue weighted by Crippen LogP contribution is 2.41. The molecule has 0 saturated heterocycles. The lowest BCUT2D eigenvalue weighted by molar-refractivity contribution is 1.07. The fourth-order valence-corrected chi connectivity index (χ4v) is 11.6. The van der Waals surface area contributed by atoms with Crippen LogP contribution in [-0.4, -0.2) is 24.1 Å². The van der Waals surface area contributed by atoms with Crippen LogP contribution in [-0.2, 0) is 0 Å². The van der Waals surface area contributed by atoms with Gasteiger partial charge in [0.2, 0.25) is 0 Å². The van der Waals surface area contributed by atoms with Crippen LogP contribution in [0.3, 0.4) is 0 Å². The summed E-state index contributed by atoms with van der Waals surface area (Å²) < 4.78 is 4.82. The molecule has 0 atom stereocenters. The number of hydrogen-bond donors (Lipinski definition) is 0. The standard InChI is InChI=1S/C75H49N5/c1-6-18-50(19-7-1)58-34-42-67-68-47-57(36-43-70(68)80(72(67)48-58)64-39-32-56(33-40-64)75-77-73(54-24-12-4-13-25-54)76-74(78-75)55-26-14-5-15-27-55)53-30-37-63(38-31-53)79-69-29-17-16-28-65(69)66-41-35-59(49-71(66)79)62-45-60(51-20-8-2-9-21-51)44-61(46-62)52-22-10-3-11-23-52/h1-49H. The molecule has 374 valence electrons. The molecule has 0 fully saturated rings. The summed E-state index contributed by atoms with van der Waals surface area (Å²) in [6, 6.07) is 106. The maximum Gasteiger partial charge on any atom is 0.164 e. The summed E-state index contributed by atoms with van der Waals surface area (Å²) >= 11 is 0. The van der Waals surface area contributed by atoms with Crippen LogP contribution in [0.15, 0.2) is 297 Å². The quantitative estimate of drug-likeness (QED) is 0.137. The number of fused-ring (bicyclic) bond motifs is 6. The first kappa shape index (κ1) is 46.5. The monoisotopic (exact) mass is 1020 g/mol. The highest BCUT2D eigenvalue weighted by molar-refractivity contribution is 6.12. The average molecular weight is 1020 g/mol. The van der Waals surface area contributed by atoms with E-state index in [0.29, 0.717) is 17.5 Å². The van der Waals surface area contributed by atoms with Gasteiger partial charge in [0.05, 0.1) is 22.1 Å². The van der Waals surface area contributed by atoms with Crippen molar-refractivity contribution >= 4 is 43.6 Å². The lowest BCUT2D eigenvalue weighted by atomic mass is 9.93. The summed E-state index contributed by atoms with van der Waals surface area (Å²) in [6.45, 7) is 0. The van der Waals surface area contributed by atoms with Crippen molar-refractivity contribution in [1.29, 1.82) is 0 Å². The molecular weight excluding hydrogens is 971 g/mol. The summed E-state index contributed by atoms with van der Waals surface area (Å²) in [5.41, 5.74) is 21.3. The Balaban J connectivity index is 0.817. The number of benzene rings is 12. The van der Waals surface area contributed by atoms with E-state index in [1.807, 2.05) is 60.7 Å².